The summed E-state index contributed by atoms with van der Waals surface area (Å²) in [6.45, 7) is -0.966. The van der Waals surface area contributed by atoms with E-state index in [1.54, 1.807) is 0 Å². The third-order valence-corrected chi connectivity index (χ3v) is 3.05. The Morgan fingerprint density at radius 1 is 0.528 bits per heavy atom. The lowest BCUT2D eigenvalue weighted by Crippen LogP contribution is -2.24. The van der Waals surface area contributed by atoms with Crippen LogP contribution in [-0.4, -0.2) is 123 Å². The Hall–Kier alpha value is -4.39. The molecule has 0 aromatic carbocycles. The van der Waals surface area contributed by atoms with E-state index in [0.29, 0.717) is 0 Å². The molecule has 208 valence electrons. The second kappa shape index (κ2) is 22.4. The topological polar surface area (TPSA) is 318 Å². The van der Waals surface area contributed by atoms with Crippen molar-refractivity contribution in [3.8, 4) is 0 Å². The Bertz CT molecular complexity index is 669. The second-order valence-corrected chi connectivity index (χ2v) is 5.87. The van der Waals surface area contributed by atoms with E-state index in [1.165, 1.54) is 0 Å². The number of carboxylic acids is 4. The molecule has 0 fully saturated rings. The molecule has 0 rings (SSSR count). The summed E-state index contributed by atoms with van der Waals surface area (Å²) in [5.74, 6) is -8.11. The van der Waals surface area contributed by atoms with Crippen molar-refractivity contribution in [1.82, 2.24) is 0 Å². The zero-order chi connectivity index (χ0) is 28.7. The van der Waals surface area contributed by atoms with Crippen LogP contribution in [0.15, 0.2) is 0 Å². The van der Waals surface area contributed by atoms with Gasteiger partial charge >= 0.3 is 42.3 Å². The van der Waals surface area contributed by atoms with Gasteiger partial charge in [-0.2, -0.15) is 0 Å². The van der Waals surface area contributed by atoms with Gasteiger partial charge < -0.3 is 59.8 Å². The van der Waals surface area contributed by atoms with Gasteiger partial charge in [0.1, 0.15) is 31.7 Å². The van der Waals surface area contributed by atoms with E-state index in [9.17, 15) is 33.6 Å². The van der Waals surface area contributed by atoms with Crippen LogP contribution < -0.4 is 0 Å². The molecule has 0 saturated heterocycles. The Morgan fingerprint density at radius 2 is 0.889 bits per heavy atom. The van der Waals surface area contributed by atoms with E-state index in [-0.39, 0.29) is 26.4 Å². The van der Waals surface area contributed by atoms with Gasteiger partial charge in [0.05, 0.1) is 32.7 Å². The molecular formula is C17H26O19. The Morgan fingerprint density at radius 3 is 1.14 bits per heavy atom. The lowest BCUT2D eigenvalue weighted by molar-refractivity contribution is -0.149. The van der Waals surface area contributed by atoms with Crippen LogP contribution in [0.5, 0.6) is 0 Å². The molecule has 19 nitrogen and oxygen atoms in total. The molecule has 36 heavy (non-hydrogen) atoms. The number of rotatable bonds is 15. The van der Waals surface area contributed by atoms with Crippen LogP contribution in [0.4, 0.5) is 14.4 Å². The SMILES string of the molecule is O=C(O)CC(COC(=O)O)C(=O)O.O=C(O)CC(COC(=O)O)C(=O)O.O=C(O)OCCOCCO. The van der Waals surface area contributed by atoms with E-state index >= 15 is 0 Å². The first-order valence-electron chi connectivity index (χ1n) is 9.28. The van der Waals surface area contributed by atoms with Crippen molar-refractivity contribution in [2.24, 2.45) is 11.8 Å². The van der Waals surface area contributed by atoms with E-state index < -0.39 is 80.2 Å². The van der Waals surface area contributed by atoms with Crippen molar-refractivity contribution in [1.29, 1.82) is 0 Å². The van der Waals surface area contributed by atoms with Gasteiger partial charge in [-0.15, -0.1) is 0 Å². The third kappa shape index (κ3) is 29.6. The van der Waals surface area contributed by atoms with Crippen molar-refractivity contribution in [2.75, 3.05) is 39.6 Å². The molecule has 0 aliphatic rings. The number of ether oxygens (including phenoxy) is 4. The number of aliphatic hydroxyl groups excluding tert-OH is 1. The molecule has 0 radical (unpaired) electrons. The summed E-state index contributed by atoms with van der Waals surface area (Å²) in [4.78, 5) is 70.2. The molecule has 0 bridgehead atoms. The third-order valence-electron chi connectivity index (χ3n) is 3.05. The van der Waals surface area contributed by atoms with E-state index in [2.05, 4.69) is 14.2 Å². The Kier molecular flexibility index (Phi) is 22.5. The highest BCUT2D eigenvalue weighted by atomic mass is 16.7. The van der Waals surface area contributed by atoms with Crippen molar-refractivity contribution < 1.29 is 93.4 Å². The first-order valence-corrected chi connectivity index (χ1v) is 9.28. The number of aliphatic hydroxyl groups is 1. The summed E-state index contributed by atoms with van der Waals surface area (Å²) in [6.07, 6.45) is -5.90. The Labute approximate surface area is 201 Å². The minimum absolute atomic E-state index is 0.00926. The quantitative estimate of drug-likeness (QED) is 0.0738. The molecule has 0 aliphatic heterocycles. The smallest absolute Gasteiger partial charge is 0.481 e. The summed E-state index contributed by atoms with van der Waals surface area (Å²) in [5.41, 5.74) is 0. The normalized spacial score (nSPS) is 11.0. The lowest BCUT2D eigenvalue weighted by Gasteiger charge is -2.07. The minimum Gasteiger partial charge on any atom is -0.481 e. The van der Waals surface area contributed by atoms with Gasteiger partial charge in [0.15, 0.2) is 0 Å². The fourth-order valence-electron chi connectivity index (χ4n) is 1.55. The van der Waals surface area contributed by atoms with Crippen molar-refractivity contribution in [3.05, 3.63) is 0 Å². The molecule has 0 aliphatic carbocycles. The maximum atomic E-state index is 10.3. The van der Waals surface area contributed by atoms with E-state index in [1.807, 2.05) is 0 Å². The summed E-state index contributed by atoms with van der Waals surface area (Å²) < 4.78 is 16.7. The maximum absolute atomic E-state index is 10.3. The van der Waals surface area contributed by atoms with E-state index in [4.69, 9.17) is 45.6 Å². The predicted octanol–water partition coefficient (Wildman–Crippen LogP) is -0.597. The average Bonchev–Trinajstić information content (AvgIpc) is 2.73. The van der Waals surface area contributed by atoms with Crippen LogP contribution in [0.2, 0.25) is 0 Å². The van der Waals surface area contributed by atoms with Gasteiger partial charge in [0.25, 0.3) is 0 Å². The molecule has 2 unspecified atom stereocenters. The van der Waals surface area contributed by atoms with Crippen LogP contribution in [0.1, 0.15) is 12.8 Å². The molecule has 0 aromatic rings. The predicted molar refractivity (Wildman–Crippen MR) is 107 cm³/mol. The first-order chi connectivity index (χ1) is 16.6. The van der Waals surface area contributed by atoms with Crippen LogP contribution in [-0.2, 0) is 38.1 Å². The van der Waals surface area contributed by atoms with E-state index in [0.717, 1.165) is 0 Å². The van der Waals surface area contributed by atoms with Crippen molar-refractivity contribution >= 4 is 42.3 Å². The molecule has 0 amide bonds. The molecule has 19 heteroatoms. The monoisotopic (exact) mass is 534 g/mol. The first kappa shape index (κ1) is 36.2. The van der Waals surface area contributed by atoms with Crippen LogP contribution in [0.3, 0.4) is 0 Å². The molecule has 0 spiro atoms. The summed E-state index contributed by atoms with van der Waals surface area (Å²) in [7, 11) is 0. The second-order valence-electron chi connectivity index (χ2n) is 5.87. The van der Waals surface area contributed by atoms with Crippen molar-refractivity contribution in [3.63, 3.8) is 0 Å². The minimum atomic E-state index is -1.63. The standard InChI is InChI=1S/2C6H8O7.C5H10O5/c2*7-4(8)1-3(5(9)10)2-13-6(11)12;6-1-2-9-3-4-10-5(7)8/h2*3H,1-2H2,(H,7,8)(H,9,10)(H,11,12);6H,1-4H2,(H,7,8). The number of hydrogen-bond donors (Lipinski definition) is 8. The summed E-state index contributed by atoms with van der Waals surface area (Å²) in [5, 5.41) is 65.4. The zero-order valence-corrected chi connectivity index (χ0v) is 18.4. The fourth-order valence-corrected chi connectivity index (χ4v) is 1.55. The van der Waals surface area contributed by atoms with Gasteiger partial charge in [0.2, 0.25) is 0 Å². The van der Waals surface area contributed by atoms with Crippen LogP contribution >= 0.6 is 0 Å². The van der Waals surface area contributed by atoms with Crippen LogP contribution in [0, 0.1) is 11.8 Å². The number of carboxylic acid groups (broad SMARTS) is 7. The highest BCUT2D eigenvalue weighted by Crippen LogP contribution is 2.05. The van der Waals surface area contributed by atoms with Gasteiger partial charge in [-0.1, -0.05) is 0 Å². The zero-order valence-electron chi connectivity index (χ0n) is 18.4. The summed E-state index contributed by atoms with van der Waals surface area (Å²) in [6, 6.07) is 0. The highest BCUT2D eigenvalue weighted by molar-refractivity contribution is 5.78. The van der Waals surface area contributed by atoms with Gasteiger partial charge in [0, 0.05) is 0 Å². The van der Waals surface area contributed by atoms with Gasteiger partial charge in [-0.3, -0.25) is 19.2 Å². The highest BCUT2D eigenvalue weighted by Gasteiger charge is 2.23. The fraction of sp³-hybridized carbons (Fsp3) is 0.588. The molecular weight excluding hydrogens is 508 g/mol. The van der Waals surface area contributed by atoms with Gasteiger partial charge in [-0.25, -0.2) is 14.4 Å². The molecule has 2 atom stereocenters. The lowest BCUT2D eigenvalue weighted by atomic mass is 10.1. The molecule has 8 N–H and O–H groups in total. The average molecular weight is 534 g/mol. The number of carbonyl (C=O) groups is 7. The Balaban J connectivity index is -0.000000459. The summed E-state index contributed by atoms with van der Waals surface area (Å²) >= 11 is 0. The van der Waals surface area contributed by atoms with Gasteiger partial charge in [-0.05, 0) is 0 Å². The maximum Gasteiger partial charge on any atom is 0.505 e. The molecule has 0 saturated carbocycles. The van der Waals surface area contributed by atoms with Crippen LogP contribution in [0.25, 0.3) is 0 Å². The number of aliphatic carboxylic acids is 4. The molecule has 0 aromatic heterocycles. The molecule has 0 heterocycles. The van der Waals surface area contributed by atoms with Crippen molar-refractivity contribution in [2.45, 2.75) is 12.8 Å². The number of hydrogen-bond acceptors (Lipinski definition) is 12. The largest absolute Gasteiger partial charge is 0.505 e.